The topological polar surface area (TPSA) is 306 Å². The molecule has 2 heterocycles. The van der Waals surface area contributed by atoms with Gasteiger partial charge in [0.1, 0.15) is 11.6 Å². The van der Waals surface area contributed by atoms with Crippen LogP contribution in [0.25, 0.3) is 34.7 Å². The van der Waals surface area contributed by atoms with E-state index in [4.69, 9.17) is 0 Å². The number of hydrogen-bond donors (Lipinski definition) is 4. The minimum absolute atomic E-state index is 0. The summed E-state index contributed by atoms with van der Waals surface area (Å²) >= 11 is 0. The van der Waals surface area contributed by atoms with E-state index in [9.17, 15) is 65.8 Å². The second kappa shape index (κ2) is 27.1. The van der Waals surface area contributed by atoms with Gasteiger partial charge >= 0.3 is 58.3 Å². The molecule has 69 heavy (non-hydrogen) atoms. The normalized spacial score (nSPS) is 13.7. The van der Waals surface area contributed by atoms with E-state index in [2.05, 4.69) is 28.3 Å². The predicted octanol–water partition coefficient (Wildman–Crippen LogP) is 1.62. The Morgan fingerprint density at radius 3 is 1.19 bits per heavy atom. The first kappa shape index (κ1) is 60.5. The van der Waals surface area contributed by atoms with Crippen LogP contribution < -0.4 is 18.8 Å². The van der Waals surface area contributed by atoms with Crippen molar-refractivity contribution in [1.82, 2.24) is 19.9 Å². The number of halogens is 2. The Kier molecular flexibility index (Phi) is 23.8. The van der Waals surface area contributed by atoms with Gasteiger partial charge in [0.25, 0.3) is 0 Å². The van der Waals surface area contributed by atoms with Crippen LogP contribution in [0.4, 0.5) is 20.7 Å². The molecule has 20 nitrogen and oxygen atoms in total. The molecule has 2 aromatic carbocycles. The van der Waals surface area contributed by atoms with E-state index in [1.165, 1.54) is 86.9 Å². The van der Waals surface area contributed by atoms with Gasteiger partial charge in [-0.1, -0.05) is 52.0 Å². The molecule has 0 spiro atoms. The van der Waals surface area contributed by atoms with Gasteiger partial charge in [0.15, 0.2) is 0 Å². The number of hydrogen-bond acceptors (Lipinski definition) is 18. The van der Waals surface area contributed by atoms with Crippen LogP contribution >= 0.6 is 0 Å². The fourth-order valence-corrected chi connectivity index (χ4v) is 7.21. The molecular formula is C44H54CaF2N6O14S2. The second-order valence-corrected chi connectivity index (χ2v) is 19.1. The van der Waals surface area contributed by atoms with E-state index in [1.807, 2.05) is 27.7 Å². The monoisotopic (exact) mass is 1030 g/mol. The zero-order valence-corrected chi connectivity index (χ0v) is 42.9. The number of anilines is 2. The van der Waals surface area contributed by atoms with Crippen molar-refractivity contribution in [1.29, 1.82) is 0 Å². The van der Waals surface area contributed by atoms with Crippen LogP contribution in [0.3, 0.4) is 0 Å². The van der Waals surface area contributed by atoms with Crippen molar-refractivity contribution >= 4 is 94.3 Å². The minimum Gasteiger partial charge on any atom is -0.550 e. The summed E-state index contributed by atoms with van der Waals surface area (Å²) in [5.41, 5.74) is 3.19. The van der Waals surface area contributed by atoms with Crippen LogP contribution in [0.2, 0.25) is 0 Å². The Labute approximate surface area is 429 Å². The third-order valence-electron chi connectivity index (χ3n) is 9.71. The first-order chi connectivity index (χ1) is 31.7. The van der Waals surface area contributed by atoms with Crippen LogP contribution in [0.15, 0.2) is 60.7 Å². The molecule has 0 aliphatic rings. The number of aliphatic hydroxyl groups excluding tert-OH is 4. The summed E-state index contributed by atoms with van der Waals surface area (Å²) < 4.78 is 86.5. The zero-order valence-electron chi connectivity index (χ0n) is 39.1. The van der Waals surface area contributed by atoms with Crippen molar-refractivity contribution in [2.45, 2.75) is 89.6 Å². The molecule has 4 N–H and O–H groups in total. The Hall–Kier alpha value is -4.60. The Bertz CT molecular complexity index is 2460. The third kappa shape index (κ3) is 17.9. The molecule has 0 bridgehead atoms. The summed E-state index contributed by atoms with van der Waals surface area (Å²) in [5.74, 6) is -4.63. The second-order valence-electron chi connectivity index (χ2n) is 15.6. The molecule has 2 aromatic heterocycles. The quantitative estimate of drug-likeness (QED) is 0.0813. The Balaban J connectivity index is 0.000000467. The predicted molar refractivity (Wildman–Crippen MR) is 248 cm³/mol. The molecule has 4 rings (SSSR count). The van der Waals surface area contributed by atoms with Gasteiger partial charge in [-0.25, -0.2) is 37.3 Å². The summed E-state index contributed by atoms with van der Waals surface area (Å²) in [6.45, 7) is 7.29. The third-order valence-corrected chi connectivity index (χ3v) is 12.2. The molecule has 0 unspecified atom stereocenters. The molecule has 25 heteroatoms. The van der Waals surface area contributed by atoms with Crippen LogP contribution in [0, 0.1) is 11.6 Å². The van der Waals surface area contributed by atoms with Gasteiger partial charge in [-0.15, -0.1) is 0 Å². The largest absolute Gasteiger partial charge is 2.00 e. The zero-order chi connectivity index (χ0) is 51.3. The van der Waals surface area contributed by atoms with Gasteiger partial charge in [0, 0.05) is 74.0 Å². The van der Waals surface area contributed by atoms with E-state index in [0.717, 1.165) is 22.8 Å². The minimum atomic E-state index is -4.15. The van der Waals surface area contributed by atoms with Gasteiger partial charge in [-0.3, -0.25) is 8.37 Å². The van der Waals surface area contributed by atoms with Crippen LogP contribution in [0.5, 0.6) is 0 Å². The van der Waals surface area contributed by atoms with Crippen molar-refractivity contribution in [3.8, 4) is 22.5 Å². The summed E-state index contributed by atoms with van der Waals surface area (Å²) in [6.07, 6.45) is -1.09. The number of aliphatic carboxylic acids is 2. The summed E-state index contributed by atoms with van der Waals surface area (Å²) in [7, 11) is -3.84. The maximum absolute atomic E-state index is 13.5. The number of rotatable bonds is 22. The van der Waals surface area contributed by atoms with E-state index >= 15 is 0 Å². The number of aromatic nitrogens is 4. The van der Waals surface area contributed by atoms with Crippen molar-refractivity contribution in [2.24, 2.45) is 0 Å². The molecule has 0 amide bonds. The summed E-state index contributed by atoms with van der Waals surface area (Å²) in [5, 5.41) is 61.2. The van der Waals surface area contributed by atoms with Crippen LogP contribution in [-0.2, 0) is 38.6 Å². The molecule has 0 saturated carbocycles. The number of aliphatic hydroxyl groups is 4. The van der Waals surface area contributed by atoms with Crippen LogP contribution in [-0.4, -0.2) is 160 Å². The van der Waals surface area contributed by atoms with Crippen LogP contribution in [0.1, 0.15) is 87.7 Å². The van der Waals surface area contributed by atoms with E-state index in [0.29, 0.717) is 33.6 Å². The number of carbonyl (C=O) groups excluding carboxylic acids is 2. The van der Waals surface area contributed by atoms with E-state index < -0.39 is 81.4 Å². The first-order valence-electron chi connectivity index (χ1n) is 20.6. The fourth-order valence-electron chi connectivity index (χ4n) is 6.20. The van der Waals surface area contributed by atoms with Crippen molar-refractivity contribution in [3.05, 3.63) is 94.8 Å². The van der Waals surface area contributed by atoms with Gasteiger partial charge in [-0.05, 0) is 60.4 Å². The summed E-state index contributed by atoms with van der Waals surface area (Å²) in [4.78, 5) is 38.8. The standard InChI is InChI=1S/2C22H28FN3O7S.Ca/c2*1-13(2)20-18(10-9-16(27)11-17(28)12-19(29)30)21(14-5-7-15(23)8-6-14)25-22(24-20)26(3)34(31,32)33-4;/h2*5-10,13,16-17,27-28H,11-12H2,1-4H3,(H,29,30);/q;;+2/p-2/b2*10-9+;/t2*16-,17-;/m11./s1. The maximum atomic E-state index is 13.5. The molecule has 372 valence electrons. The van der Waals surface area contributed by atoms with E-state index in [1.54, 1.807) is 0 Å². The number of carboxylic acids is 2. The smallest absolute Gasteiger partial charge is 0.550 e. The average Bonchev–Trinajstić information content (AvgIpc) is 3.26. The average molecular weight is 1030 g/mol. The van der Waals surface area contributed by atoms with Crippen molar-refractivity contribution in [2.75, 3.05) is 36.9 Å². The SMILES string of the molecule is COS(=O)(=O)N(C)c1nc(-c2ccc(F)cc2)c(/C=C/[C@@H](O)C[C@@H](O)CC(=O)[O-])c(C(C)C)n1.COS(=O)(=O)N(C)c1nc(-c2ccc(F)cc2)c(/C=C/[C@@H](O)C[C@@H](O)CC(=O)[O-])c(C(C)C)n1.[Ca+2]. The Morgan fingerprint density at radius 1 is 0.623 bits per heavy atom. The molecule has 0 aliphatic carbocycles. The molecular weight excluding hydrogens is 979 g/mol. The molecule has 4 aromatic rings. The van der Waals surface area contributed by atoms with Gasteiger partial charge < -0.3 is 40.2 Å². The molecule has 0 fully saturated rings. The van der Waals surface area contributed by atoms with E-state index in [-0.39, 0.29) is 85.7 Å². The van der Waals surface area contributed by atoms with Crippen molar-refractivity contribution < 1.29 is 74.2 Å². The molecule has 0 radical (unpaired) electrons. The van der Waals surface area contributed by atoms with Crippen molar-refractivity contribution in [3.63, 3.8) is 0 Å². The van der Waals surface area contributed by atoms with Gasteiger partial charge in [-0.2, -0.15) is 16.8 Å². The number of nitrogens with zero attached hydrogens (tertiary/aromatic N) is 6. The fraction of sp³-hybridized carbons (Fsp3) is 0.409. The maximum Gasteiger partial charge on any atom is 2.00 e. The first-order valence-corrected chi connectivity index (χ1v) is 23.4. The number of carbonyl (C=O) groups is 2. The Morgan fingerprint density at radius 2 is 0.928 bits per heavy atom. The summed E-state index contributed by atoms with van der Waals surface area (Å²) in [6, 6.07) is 10.8. The molecule has 0 saturated heterocycles. The number of carboxylic acid groups (broad SMARTS) is 2. The molecule has 4 atom stereocenters. The molecule has 0 aliphatic heterocycles. The van der Waals surface area contributed by atoms with Gasteiger partial charge in [0.2, 0.25) is 11.9 Å². The van der Waals surface area contributed by atoms with Gasteiger partial charge in [0.05, 0.1) is 61.4 Å². The number of benzene rings is 2.